The Hall–Kier alpha value is -2.10. The van der Waals surface area contributed by atoms with Crippen molar-refractivity contribution >= 4 is 11.8 Å². The van der Waals surface area contributed by atoms with Crippen LogP contribution in [0.25, 0.3) is 0 Å². The number of hydrogen-bond donors (Lipinski definition) is 0. The summed E-state index contributed by atoms with van der Waals surface area (Å²) < 4.78 is 10.5. The molecule has 0 saturated carbocycles. The highest BCUT2D eigenvalue weighted by molar-refractivity contribution is 5.88. The third-order valence-electron chi connectivity index (χ3n) is 2.97. The zero-order valence-corrected chi connectivity index (χ0v) is 12.8. The summed E-state index contributed by atoms with van der Waals surface area (Å²) in [5.41, 5.74) is 1.59. The van der Waals surface area contributed by atoms with E-state index in [9.17, 15) is 9.59 Å². The van der Waals surface area contributed by atoms with Gasteiger partial charge in [0.1, 0.15) is 18.1 Å². The van der Waals surface area contributed by atoms with Crippen molar-refractivity contribution in [1.82, 2.24) is 0 Å². The van der Waals surface area contributed by atoms with Gasteiger partial charge in [0.15, 0.2) is 0 Å². The molecule has 0 bridgehead atoms. The second-order valence-corrected chi connectivity index (χ2v) is 4.67. The van der Waals surface area contributed by atoms with Crippen molar-refractivity contribution in [2.75, 3.05) is 13.2 Å². The summed E-state index contributed by atoms with van der Waals surface area (Å²) >= 11 is 0. The molecule has 114 valence electrons. The molecule has 1 aromatic carbocycles. The van der Waals surface area contributed by atoms with E-state index < -0.39 is 0 Å². The topological polar surface area (TPSA) is 52.6 Å². The van der Waals surface area contributed by atoms with Gasteiger partial charge in [0.25, 0.3) is 0 Å². The van der Waals surface area contributed by atoms with Gasteiger partial charge in [-0.05, 0) is 44.9 Å². The van der Waals surface area contributed by atoms with Gasteiger partial charge in [-0.1, -0.05) is 18.2 Å². The number of carbonyl (C=O) groups is 2. The molecule has 4 heteroatoms. The van der Waals surface area contributed by atoms with Crippen LogP contribution in [0.3, 0.4) is 0 Å². The fourth-order valence-electron chi connectivity index (χ4n) is 1.72. The molecule has 0 aliphatic rings. The smallest absolute Gasteiger partial charge is 0.337 e. The molecule has 0 heterocycles. The predicted molar refractivity (Wildman–Crippen MR) is 81.3 cm³/mol. The van der Waals surface area contributed by atoms with E-state index in [1.54, 1.807) is 26.8 Å². The largest absolute Gasteiger partial charge is 0.489 e. The van der Waals surface area contributed by atoms with Gasteiger partial charge < -0.3 is 14.3 Å². The molecule has 0 saturated heterocycles. The van der Waals surface area contributed by atoms with E-state index in [-0.39, 0.29) is 18.4 Å². The molecule has 21 heavy (non-hydrogen) atoms. The van der Waals surface area contributed by atoms with Gasteiger partial charge in [-0.25, -0.2) is 4.79 Å². The van der Waals surface area contributed by atoms with Crippen molar-refractivity contribution in [1.29, 1.82) is 0 Å². The molecule has 0 atom stereocenters. The first-order valence-corrected chi connectivity index (χ1v) is 7.10. The molecule has 0 fully saturated rings. The van der Waals surface area contributed by atoms with E-state index in [1.165, 1.54) is 0 Å². The van der Waals surface area contributed by atoms with Crippen molar-refractivity contribution in [3.8, 4) is 5.75 Å². The van der Waals surface area contributed by atoms with E-state index in [2.05, 4.69) is 0 Å². The maximum absolute atomic E-state index is 11.6. The van der Waals surface area contributed by atoms with E-state index in [0.717, 1.165) is 12.0 Å². The van der Waals surface area contributed by atoms with E-state index >= 15 is 0 Å². The van der Waals surface area contributed by atoms with Crippen LogP contribution in [-0.2, 0) is 20.7 Å². The van der Waals surface area contributed by atoms with Gasteiger partial charge in [-0.2, -0.15) is 0 Å². The molecule has 0 radical (unpaired) electrons. The van der Waals surface area contributed by atoms with Gasteiger partial charge in [0, 0.05) is 6.42 Å². The van der Waals surface area contributed by atoms with E-state index in [0.29, 0.717) is 24.4 Å². The molecule has 0 aromatic heterocycles. The molecule has 1 aromatic rings. The predicted octanol–water partition coefficient (Wildman–Crippen LogP) is 3.10. The van der Waals surface area contributed by atoms with Crippen LogP contribution in [0, 0.1) is 0 Å². The molecule has 4 nitrogen and oxygen atoms in total. The number of ketones is 1. The van der Waals surface area contributed by atoms with E-state index in [1.807, 2.05) is 24.3 Å². The Morgan fingerprint density at radius 2 is 1.86 bits per heavy atom. The summed E-state index contributed by atoms with van der Waals surface area (Å²) in [6.45, 7) is 5.67. The fraction of sp³-hybridized carbons (Fsp3) is 0.412. The molecule has 0 aliphatic heterocycles. The second kappa shape index (κ2) is 8.95. The van der Waals surface area contributed by atoms with Gasteiger partial charge >= 0.3 is 5.97 Å². The van der Waals surface area contributed by atoms with Crippen LogP contribution in [0.1, 0.15) is 32.8 Å². The van der Waals surface area contributed by atoms with Gasteiger partial charge in [-0.3, -0.25) is 0 Å². The summed E-state index contributed by atoms with van der Waals surface area (Å²) in [4.78, 5) is 22.5. The molecule has 0 N–H and O–H groups in total. The molecule has 1 rings (SSSR count). The molecule has 0 amide bonds. The third-order valence-corrected chi connectivity index (χ3v) is 2.97. The van der Waals surface area contributed by atoms with Crippen molar-refractivity contribution in [2.45, 2.75) is 33.6 Å². The molecule has 0 unspecified atom stereocenters. The molecule has 0 spiro atoms. The summed E-state index contributed by atoms with van der Waals surface area (Å²) in [7, 11) is 0. The summed E-state index contributed by atoms with van der Waals surface area (Å²) in [6, 6.07) is 7.54. The van der Waals surface area contributed by atoms with Crippen molar-refractivity contribution in [3.05, 3.63) is 41.5 Å². The maximum atomic E-state index is 11.6. The molecular formula is C17H22O4. The summed E-state index contributed by atoms with van der Waals surface area (Å²) in [5.74, 6) is 0.519. The number of benzene rings is 1. The zero-order valence-electron chi connectivity index (χ0n) is 12.8. The summed E-state index contributed by atoms with van der Waals surface area (Å²) in [5, 5.41) is 0. The van der Waals surface area contributed by atoms with E-state index in [4.69, 9.17) is 9.47 Å². The van der Waals surface area contributed by atoms with Crippen LogP contribution in [0.15, 0.2) is 35.9 Å². The lowest BCUT2D eigenvalue weighted by atomic mass is 10.1. The van der Waals surface area contributed by atoms with Crippen LogP contribution in [-0.4, -0.2) is 25.0 Å². The average Bonchev–Trinajstić information content (AvgIpc) is 2.47. The first kappa shape index (κ1) is 17.0. The monoisotopic (exact) mass is 290 g/mol. The number of Topliss-reactive ketones (excluding diaryl/α,β-unsaturated/α-hetero) is 1. The maximum Gasteiger partial charge on any atom is 0.337 e. The number of carbonyl (C=O) groups excluding carboxylic acids is 2. The number of ether oxygens (including phenoxy) is 2. The standard InChI is InChI=1S/C17H22O4/c1-4-15(17(19)20-5-2)12-21-16-10-8-14(9-11-16)7-6-13(3)18/h4,8-11H,5-7,12H2,1-3H3/b15-4+. The van der Waals surface area contributed by atoms with Crippen LogP contribution in [0.4, 0.5) is 0 Å². The Kier molecular flexibility index (Phi) is 7.23. The Bertz CT molecular complexity index is 500. The minimum atomic E-state index is -0.349. The number of aryl methyl sites for hydroxylation is 1. The van der Waals surface area contributed by atoms with Crippen molar-refractivity contribution < 1.29 is 19.1 Å². The number of allylic oxidation sites excluding steroid dienone is 1. The Morgan fingerprint density at radius 3 is 2.38 bits per heavy atom. The Labute approximate surface area is 125 Å². The van der Waals surface area contributed by atoms with Crippen molar-refractivity contribution in [3.63, 3.8) is 0 Å². The number of rotatable bonds is 8. The molecule has 0 aliphatic carbocycles. The number of esters is 1. The van der Waals surface area contributed by atoms with Crippen LogP contribution in [0.2, 0.25) is 0 Å². The van der Waals surface area contributed by atoms with Crippen molar-refractivity contribution in [2.24, 2.45) is 0 Å². The fourth-order valence-corrected chi connectivity index (χ4v) is 1.72. The Balaban J connectivity index is 2.52. The van der Waals surface area contributed by atoms with Gasteiger partial charge in [0.05, 0.1) is 12.2 Å². The SMILES string of the molecule is C/C=C(\COc1ccc(CCC(C)=O)cc1)C(=O)OCC. The second-order valence-electron chi connectivity index (χ2n) is 4.67. The van der Waals surface area contributed by atoms with Crippen LogP contribution in [0.5, 0.6) is 5.75 Å². The van der Waals surface area contributed by atoms with Crippen LogP contribution >= 0.6 is 0 Å². The molecular weight excluding hydrogens is 268 g/mol. The average molecular weight is 290 g/mol. The normalized spacial score (nSPS) is 11.1. The van der Waals surface area contributed by atoms with Gasteiger partial charge in [0.2, 0.25) is 0 Å². The van der Waals surface area contributed by atoms with Gasteiger partial charge in [-0.15, -0.1) is 0 Å². The minimum absolute atomic E-state index is 0.183. The lowest BCUT2D eigenvalue weighted by Crippen LogP contribution is -2.14. The highest BCUT2D eigenvalue weighted by atomic mass is 16.5. The minimum Gasteiger partial charge on any atom is -0.489 e. The third kappa shape index (κ3) is 6.25. The lowest BCUT2D eigenvalue weighted by Gasteiger charge is -2.09. The quantitative estimate of drug-likeness (QED) is 0.545. The first-order chi connectivity index (χ1) is 10.1. The summed E-state index contributed by atoms with van der Waals surface area (Å²) in [6.07, 6.45) is 2.98. The highest BCUT2D eigenvalue weighted by Crippen LogP contribution is 2.14. The first-order valence-electron chi connectivity index (χ1n) is 7.10. The number of hydrogen-bond acceptors (Lipinski definition) is 4. The Morgan fingerprint density at radius 1 is 1.19 bits per heavy atom. The lowest BCUT2D eigenvalue weighted by molar-refractivity contribution is -0.138. The highest BCUT2D eigenvalue weighted by Gasteiger charge is 2.10. The van der Waals surface area contributed by atoms with Crippen LogP contribution < -0.4 is 4.74 Å². The zero-order chi connectivity index (χ0) is 15.7.